The van der Waals surface area contributed by atoms with Crippen molar-refractivity contribution in [2.75, 3.05) is 37.7 Å². The van der Waals surface area contributed by atoms with Gasteiger partial charge in [0.25, 0.3) is 5.91 Å². The molecule has 2 aliphatic heterocycles. The number of ether oxygens (including phenoxy) is 2. The number of anilines is 1. The van der Waals surface area contributed by atoms with Crippen LogP contribution in [0.25, 0.3) is 0 Å². The Kier molecular flexibility index (Phi) is 9.94. The molecule has 232 valence electrons. The number of likely N-dealkylation sites (tertiary alicyclic amines) is 1. The summed E-state index contributed by atoms with van der Waals surface area (Å²) < 4.78 is 26.6. The molecular formula is C35H42FN5O3. The maximum atomic E-state index is 15.0. The van der Waals surface area contributed by atoms with Crippen LogP contribution >= 0.6 is 0 Å². The molecule has 2 aromatic carbocycles. The average molecular weight is 600 g/mol. The number of carbonyl (C=O) groups is 1. The van der Waals surface area contributed by atoms with Crippen molar-refractivity contribution in [1.82, 2.24) is 15.2 Å². The molecule has 9 heteroatoms. The summed E-state index contributed by atoms with van der Waals surface area (Å²) in [6.45, 7) is 11.8. The fourth-order valence-electron chi connectivity index (χ4n) is 6.36. The molecule has 1 N–H and O–H groups in total. The average Bonchev–Trinajstić information content (AvgIpc) is 3.48. The maximum absolute atomic E-state index is 15.0. The van der Waals surface area contributed by atoms with Gasteiger partial charge in [-0.25, -0.2) is 4.39 Å². The zero-order valence-electron chi connectivity index (χ0n) is 26.1. The number of hydrogen-bond donors (Lipinski definition) is 1. The van der Waals surface area contributed by atoms with Gasteiger partial charge in [-0.2, -0.15) is 5.26 Å². The van der Waals surface area contributed by atoms with E-state index < -0.39 is 5.79 Å². The third-order valence-electron chi connectivity index (χ3n) is 9.06. The fourth-order valence-corrected chi connectivity index (χ4v) is 6.36. The van der Waals surface area contributed by atoms with Gasteiger partial charge >= 0.3 is 0 Å². The second-order valence-electron chi connectivity index (χ2n) is 12.0. The molecule has 2 saturated heterocycles. The molecule has 2 fully saturated rings. The number of benzene rings is 2. The number of aromatic nitrogens is 1. The van der Waals surface area contributed by atoms with Crippen LogP contribution in [-0.2, 0) is 21.8 Å². The highest BCUT2D eigenvalue weighted by molar-refractivity contribution is 5.96. The smallest absolute Gasteiger partial charge is 0.253 e. The lowest BCUT2D eigenvalue weighted by molar-refractivity contribution is -0.149. The van der Waals surface area contributed by atoms with Gasteiger partial charge in [0.2, 0.25) is 0 Å². The highest BCUT2D eigenvalue weighted by Crippen LogP contribution is 2.34. The number of carbonyl (C=O) groups excluding carboxylic acids is 1. The Morgan fingerprint density at radius 2 is 1.86 bits per heavy atom. The maximum Gasteiger partial charge on any atom is 0.253 e. The monoisotopic (exact) mass is 599 g/mol. The molecule has 0 bridgehead atoms. The first-order chi connectivity index (χ1) is 21.2. The van der Waals surface area contributed by atoms with Gasteiger partial charge in [0.05, 0.1) is 36.1 Å². The van der Waals surface area contributed by atoms with E-state index in [9.17, 15) is 14.4 Å². The fraction of sp³-hybridized carbons (Fsp3) is 0.457. The first-order valence-corrected chi connectivity index (χ1v) is 15.5. The summed E-state index contributed by atoms with van der Waals surface area (Å²) >= 11 is 0. The van der Waals surface area contributed by atoms with Crippen LogP contribution in [0.4, 0.5) is 10.1 Å². The van der Waals surface area contributed by atoms with Crippen molar-refractivity contribution in [3.05, 3.63) is 94.1 Å². The molecule has 3 heterocycles. The Balaban J connectivity index is 1.24. The van der Waals surface area contributed by atoms with Gasteiger partial charge < -0.3 is 24.6 Å². The number of nitriles is 1. The molecule has 0 spiro atoms. The molecule has 0 aliphatic carbocycles. The van der Waals surface area contributed by atoms with Crippen molar-refractivity contribution >= 4 is 11.6 Å². The minimum absolute atomic E-state index is 0.0755. The summed E-state index contributed by atoms with van der Waals surface area (Å²) in [6.07, 6.45) is 4.39. The van der Waals surface area contributed by atoms with Gasteiger partial charge in [-0.1, -0.05) is 12.1 Å². The first-order valence-electron chi connectivity index (χ1n) is 15.5. The molecular weight excluding hydrogens is 557 g/mol. The van der Waals surface area contributed by atoms with E-state index in [0.717, 1.165) is 54.9 Å². The molecule has 0 saturated carbocycles. The number of amides is 1. The van der Waals surface area contributed by atoms with Crippen LogP contribution in [0.3, 0.4) is 0 Å². The van der Waals surface area contributed by atoms with Gasteiger partial charge in [-0.15, -0.1) is 0 Å². The van der Waals surface area contributed by atoms with Gasteiger partial charge in [0, 0.05) is 61.3 Å². The van der Waals surface area contributed by atoms with Crippen molar-refractivity contribution in [3.8, 4) is 6.07 Å². The van der Waals surface area contributed by atoms with E-state index in [4.69, 9.17) is 9.47 Å². The lowest BCUT2D eigenvalue weighted by atomic mass is 9.98. The predicted octanol–water partition coefficient (Wildman–Crippen LogP) is 5.61. The number of nitrogens with zero attached hydrogens (tertiary/aromatic N) is 4. The van der Waals surface area contributed by atoms with Crippen molar-refractivity contribution in [2.45, 2.75) is 71.4 Å². The molecule has 3 aromatic rings. The third kappa shape index (κ3) is 7.10. The Morgan fingerprint density at radius 1 is 1.16 bits per heavy atom. The molecule has 5 rings (SSSR count). The Hall–Kier alpha value is -3.84. The van der Waals surface area contributed by atoms with E-state index in [1.807, 2.05) is 39.0 Å². The van der Waals surface area contributed by atoms with Crippen molar-refractivity contribution in [2.24, 2.45) is 0 Å². The molecule has 2 aliphatic rings. The lowest BCUT2D eigenvalue weighted by Crippen LogP contribution is -2.48. The van der Waals surface area contributed by atoms with Crippen LogP contribution < -0.4 is 10.2 Å². The summed E-state index contributed by atoms with van der Waals surface area (Å²) in [7, 11) is 0. The molecule has 1 aromatic heterocycles. The molecule has 44 heavy (non-hydrogen) atoms. The largest absolute Gasteiger partial charge is 0.364 e. The van der Waals surface area contributed by atoms with Crippen molar-refractivity contribution < 1.29 is 18.7 Å². The van der Waals surface area contributed by atoms with Crippen molar-refractivity contribution in [1.29, 1.82) is 5.26 Å². The number of rotatable bonds is 10. The number of nitrogens with one attached hydrogen (secondary N) is 1. The molecule has 1 atom stereocenters. The van der Waals surface area contributed by atoms with Gasteiger partial charge in [-0.3, -0.25) is 9.78 Å². The van der Waals surface area contributed by atoms with E-state index in [1.54, 1.807) is 12.3 Å². The molecule has 8 nitrogen and oxygen atoms in total. The quantitative estimate of drug-likeness (QED) is 0.324. The highest BCUT2D eigenvalue weighted by atomic mass is 19.1. The summed E-state index contributed by atoms with van der Waals surface area (Å²) in [5.74, 6) is -1.14. The standard InChI is InChI=1S/C35H42FN5O3/c1-24-11-15-38-26(3)33(24)34(42)39-16-12-25(2)40-17-13-31(14-18-40)41(23-28-21-27(22-37)5-10-32(28)36)30-8-6-29(7-9-30)35(4)43-19-20-44-35/h5-11,15,21,25,31H,12-14,16-20,23H2,1-4H3,(H,39,42)/t25-/m1/s1. The van der Waals surface area contributed by atoms with E-state index in [1.165, 1.54) is 12.1 Å². The number of halogens is 1. The second-order valence-corrected chi connectivity index (χ2v) is 12.0. The van der Waals surface area contributed by atoms with E-state index in [2.05, 4.69) is 45.2 Å². The highest BCUT2D eigenvalue weighted by Gasteiger charge is 2.34. The third-order valence-corrected chi connectivity index (χ3v) is 9.06. The minimum Gasteiger partial charge on any atom is -0.364 e. The van der Waals surface area contributed by atoms with Crippen LogP contribution in [-0.4, -0.2) is 60.7 Å². The summed E-state index contributed by atoms with van der Waals surface area (Å²) in [6, 6.07) is 17.2. The van der Waals surface area contributed by atoms with Gasteiger partial charge in [-0.05, 0) is 88.9 Å². The van der Waals surface area contributed by atoms with E-state index >= 15 is 0 Å². The minimum atomic E-state index is -0.757. The number of hydrogen-bond acceptors (Lipinski definition) is 7. The van der Waals surface area contributed by atoms with Crippen molar-refractivity contribution in [3.63, 3.8) is 0 Å². The van der Waals surface area contributed by atoms with Crippen LogP contribution in [0.2, 0.25) is 0 Å². The number of aryl methyl sites for hydroxylation is 2. The Labute approximate surface area is 259 Å². The molecule has 0 unspecified atom stereocenters. The van der Waals surface area contributed by atoms with Gasteiger partial charge in [0.15, 0.2) is 5.79 Å². The Bertz CT molecular complexity index is 1470. The zero-order chi connectivity index (χ0) is 31.3. The summed E-state index contributed by atoms with van der Waals surface area (Å²) in [5, 5.41) is 12.5. The predicted molar refractivity (Wildman–Crippen MR) is 168 cm³/mol. The van der Waals surface area contributed by atoms with Crippen LogP contribution in [0.5, 0.6) is 0 Å². The van der Waals surface area contributed by atoms with Crippen LogP contribution in [0, 0.1) is 31.0 Å². The Morgan fingerprint density at radius 3 is 2.52 bits per heavy atom. The number of piperidine rings is 1. The lowest BCUT2D eigenvalue weighted by Gasteiger charge is -2.42. The zero-order valence-corrected chi connectivity index (χ0v) is 26.1. The summed E-state index contributed by atoms with van der Waals surface area (Å²) in [5.41, 5.74) is 5.22. The molecule has 0 radical (unpaired) electrons. The normalized spacial score (nSPS) is 17.6. The van der Waals surface area contributed by atoms with E-state index in [0.29, 0.717) is 49.0 Å². The first kappa shape index (κ1) is 31.6. The number of pyridine rings is 1. The van der Waals surface area contributed by atoms with Gasteiger partial charge in [0.1, 0.15) is 5.82 Å². The van der Waals surface area contributed by atoms with Crippen LogP contribution in [0.1, 0.15) is 71.4 Å². The topological polar surface area (TPSA) is 90.7 Å². The molecule has 1 amide bonds. The van der Waals surface area contributed by atoms with E-state index in [-0.39, 0.29) is 17.8 Å². The second kappa shape index (κ2) is 13.9. The summed E-state index contributed by atoms with van der Waals surface area (Å²) in [4.78, 5) is 21.8. The van der Waals surface area contributed by atoms with Crippen LogP contribution in [0.15, 0.2) is 54.7 Å². The SMILES string of the molecule is Cc1ccnc(C)c1C(=O)NCC[C@@H](C)N1CCC(N(Cc2cc(C#N)ccc2F)c2ccc(C3(C)OCCO3)cc2)CC1.